The van der Waals surface area contributed by atoms with Crippen molar-refractivity contribution in [3.8, 4) is 12.3 Å². The van der Waals surface area contributed by atoms with Gasteiger partial charge in [-0.2, -0.15) is 0 Å². The molecule has 0 aliphatic carbocycles. The van der Waals surface area contributed by atoms with Gasteiger partial charge in [0, 0.05) is 25.8 Å². The predicted molar refractivity (Wildman–Crippen MR) is 96.3 cm³/mol. The summed E-state index contributed by atoms with van der Waals surface area (Å²) in [6, 6.07) is -3.73. The first-order valence-corrected chi connectivity index (χ1v) is 8.62. The van der Waals surface area contributed by atoms with Gasteiger partial charge in [-0.1, -0.05) is 0 Å². The highest BCUT2D eigenvalue weighted by molar-refractivity contribution is 5.86. The summed E-state index contributed by atoms with van der Waals surface area (Å²) in [6.45, 7) is 0.332. The van der Waals surface area contributed by atoms with Gasteiger partial charge in [0.15, 0.2) is 0 Å². The van der Waals surface area contributed by atoms with E-state index in [9.17, 15) is 24.0 Å². The van der Waals surface area contributed by atoms with Gasteiger partial charge in [0.1, 0.15) is 12.1 Å². The monoisotopic (exact) mass is 399 g/mol. The van der Waals surface area contributed by atoms with Crippen molar-refractivity contribution in [3.63, 3.8) is 0 Å². The molecule has 3 amide bonds. The summed E-state index contributed by atoms with van der Waals surface area (Å²) in [5, 5.41) is 33.5. The molecule has 0 heterocycles. The van der Waals surface area contributed by atoms with Crippen molar-refractivity contribution >= 4 is 29.8 Å². The number of nitrogens with one attached hydrogen (secondary N) is 3. The first-order chi connectivity index (χ1) is 13.2. The maximum atomic E-state index is 11.8. The predicted octanol–water partition coefficient (Wildman–Crippen LogP) is -0.243. The Morgan fingerprint density at radius 1 is 0.857 bits per heavy atom. The van der Waals surface area contributed by atoms with Crippen LogP contribution in [0, 0.1) is 12.3 Å². The average molecular weight is 399 g/mol. The van der Waals surface area contributed by atoms with E-state index >= 15 is 0 Å². The number of hydrogen-bond acceptors (Lipinski definition) is 5. The Bertz CT molecular complexity index is 614. The molecule has 156 valence electrons. The smallest absolute Gasteiger partial charge is 0.326 e. The number of amides is 3. The van der Waals surface area contributed by atoms with Crippen molar-refractivity contribution < 1.29 is 39.3 Å². The average Bonchev–Trinajstić information content (AvgIpc) is 2.61. The third-order valence-corrected chi connectivity index (χ3v) is 3.59. The molecule has 0 aromatic heterocycles. The Balaban J connectivity index is 4.34. The fourth-order valence-electron chi connectivity index (χ4n) is 2.12. The van der Waals surface area contributed by atoms with E-state index in [0.717, 1.165) is 0 Å². The summed E-state index contributed by atoms with van der Waals surface area (Å²) in [4.78, 5) is 56.0. The van der Waals surface area contributed by atoms with Crippen LogP contribution in [0.1, 0.15) is 44.9 Å². The fourth-order valence-corrected chi connectivity index (χ4v) is 2.12. The summed E-state index contributed by atoms with van der Waals surface area (Å²) < 4.78 is 0. The van der Waals surface area contributed by atoms with Crippen LogP contribution in [0.15, 0.2) is 0 Å². The minimum absolute atomic E-state index is 0.0653. The molecule has 0 aliphatic heterocycles. The quantitative estimate of drug-likeness (QED) is 0.171. The molecule has 1 unspecified atom stereocenters. The molecule has 11 heteroatoms. The van der Waals surface area contributed by atoms with Crippen molar-refractivity contribution in [1.82, 2.24) is 16.0 Å². The molecule has 0 aromatic rings. The van der Waals surface area contributed by atoms with Crippen LogP contribution in [0.25, 0.3) is 0 Å². The van der Waals surface area contributed by atoms with E-state index in [2.05, 4.69) is 16.6 Å². The number of urea groups is 1. The highest BCUT2D eigenvalue weighted by Crippen LogP contribution is 2.03. The van der Waals surface area contributed by atoms with Crippen LogP contribution in [0.4, 0.5) is 4.79 Å². The lowest BCUT2D eigenvalue weighted by atomic mass is 10.1. The van der Waals surface area contributed by atoms with Gasteiger partial charge in [-0.3, -0.25) is 9.59 Å². The second-order valence-corrected chi connectivity index (χ2v) is 5.88. The van der Waals surface area contributed by atoms with E-state index in [1.807, 2.05) is 5.32 Å². The van der Waals surface area contributed by atoms with Crippen LogP contribution >= 0.6 is 0 Å². The van der Waals surface area contributed by atoms with Gasteiger partial charge < -0.3 is 31.3 Å². The number of unbranched alkanes of at least 4 members (excludes halogenated alkanes) is 1. The molecule has 0 bridgehead atoms. The number of carbonyl (C=O) groups is 5. The lowest BCUT2D eigenvalue weighted by Gasteiger charge is -2.18. The summed E-state index contributed by atoms with van der Waals surface area (Å²) in [6.07, 6.45) is 5.71. The maximum absolute atomic E-state index is 11.8. The molecule has 0 saturated heterocycles. The number of carboxylic acid groups (broad SMARTS) is 3. The SMILES string of the molecule is C#CCCC(=O)NCCCC[C@H](NC(=O)NC(CCC(=O)O)C(=O)O)C(=O)O. The largest absolute Gasteiger partial charge is 0.481 e. The zero-order valence-corrected chi connectivity index (χ0v) is 15.3. The third-order valence-electron chi connectivity index (χ3n) is 3.59. The first-order valence-electron chi connectivity index (χ1n) is 8.62. The first kappa shape index (κ1) is 24.7. The number of terminal acetylenes is 1. The van der Waals surface area contributed by atoms with Crippen molar-refractivity contribution in [2.75, 3.05) is 6.54 Å². The summed E-state index contributed by atoms with van der Waals surface area (Å²) in [7, 11) is 0. The number of aliphatic carboxylic acids is 3. The molecule has 0 saturated carbocycles. The molecule has 0 rings (SSSR count). The van der Waals surface area contributed by atoms with Crippen molar-refractivity contribution in [2.45, 2.75) is 57.0 Å². The van der Waals surface area contributed by atoms with Crippen LogP contribution in [0.2, 0.25) is 0 Å². The molecular weight excluding hydrogens is 374 g/mol. The number of hydrogen-bond donors (Lipinski definition) is 6. The van der Waals surface area contributed by atoms with Gasteiger partial charge in [-0.15, -0.1) is 12.3 Å². The Morgan fingerprint density at radius 3 is 1.93 bits per heavy atom. The molecule has 0 aliphatic rings. The number of carboxylic acids is 3. The van der Waals surface area contributed by atoms with Gasteiger partial charge >= 0.3 is 23.9 Å². The van der Waals surface area contributed by atoms with E-state index in [1.165, 1.54) is 0 Å². The van der Waals surface area contributed by atoms with Gasteiger partial charge in [0.2, 0.25) is 5.91 Å². The second kappa shape index (κ2) is 13.9. The Kier molecular flexibility index (Phi) is 12.2. The molecular formula is C17H25N3O8. The number of rotatable bonds is 14. The lowest BCUT2D eigenvalue weighted by molar-refractivity contribution is -0.140. The van der Waals surface area contributed by atoms with Crippen LogP contribution in [0.3, 0.4) is 0 Å². The van der Waals surface area contributed by atoms with Crippen molar-refractivity contribution in [2.24, 2.45) is 0 Å². The zero-order chi connectivity index (χ0) is 21.5. The van der Waals surface area contributed by atoms with E-state index < -0.39 is 42.4 Å². The Morgan fingerprint density at radius 2 is 1.43 bits per heavy atom. The minimum Gasteiger partial charge on any atom is -0.481 e. The van der Waals surface area contributed by atoms with E-state index in [-0.39, 0.29) is 25.2 Å². The van der Waals surface area contributed by atoms with E-state index in [4.69, 9.17) is 21.7 Å². The highest BCUT2D eigenvalue weighted by Gasteiger charge is 2.24. The summed E-state index contributed by atoms with van der Waals surface area (Å²) >= 11 is 0. The van der Waals surface area contributed by atoms with Crippen LogP contribution < -0.4 is 16.0 Å². The third kappa shape index (κ3) is 12.1. The Hall–Kier alpha value is -3.29. The zero-order valence-electron chi connectivity index (χ0n) is 15.3. The van der Waals surface area contributed by atoms with Crippen LogP contribution in [0.5, 0.6) is 0 Å². The molecule has 0 fully saturated rings. The van der Waals surface area contributed by atoms with E-state index in [0.29, 0.717) is 25.8 Å². The Labute approximate surface area is 161 Å². The van der Waals surface area contributed by atoms with Gasteiger partial charge in [0.25, 0.3) is 0 Å². The standard InChI is InChI=1S/C17H25N3O8/c1-2-3-7-13(21)18-10-5-4-6-11(15(24)25)19-17(28)20-12(16(26)27)8-9-14(22)23/h1,11-12H,3-10H2,(H,18,21)(H,22,23)(H,24,25)(H,26,27)(H2,19,20,28)/t11-,12?/m0/s1. The van der Waals surface area contributed by atoms with Crippen molar-refractivity contribution in [3.05, 3.63) is 0 Å². The highest BCUT2D eigenvalue weighted by atomic mass is 16.4. The fraction of sp³-hybridized carbons (Fsp3) is 0.588. The summed E-state index contributed by atoms with van der Waals surface area (Å²) in [5.41, 5.74) is 0. The molecule has 0 radical (unpaired) electrons. The van der Waals surface area contributed by atoms with Crippen molar-refractivity contribution in [1.29, 1.82) is 0 Å². The van der Waals surface area contributed by atoms with E-state index in [1.54, 1.807) is 0 Å². The summed E-state index contributed by atoms with van der Waals surface area (Å²) in [5.74, 6) is -1.81. The van der Waals surface area contributed by atoms with Gasteiger partial charge in [-0.05, 0) is 25.7 Å². The maximum Gasteiger partial charge on any atom is 0.326 e. The second-order valence-electron chi connectivity index (χ2n) is 5.88. The molecule has 2 atom stereocenters. The molecule has 6 N–H and O–H groups in total. The molecule has 11 nitrogen and oxygen atoms in total. The minimum atomic E-state index is -1.45. The lowest BCUT2D eigenvalue weighted by Crippen LogP contribution is -2.51. The molecule has 28 heavy (non-hydrogen) atoms. The van der Waals surface area contributed by atoms with Gasteiger partial charge in [-0.25, -0.2) is 14.4 Å². The van der Waals surface area contributed by atoms with Crippen LogP contribution in [-0.2, 0) is 19.2 Å². The number of carbonyl (C=O) groups excluding carboxylic acids is 2. The van der Waals surface area contributed by atoms with Crippen LogP contribution in [-0.4, -0.2) is 63.8 Å². The molecule has 0 spiro atoms. The normalized spacial score (nSPS) is 12.1. The van der Waals surface area contributed by atoms with Gasteiger partial charge in [0.05, 0.1) is 0 Å². The topological polar surface area (TPSA) is 182 Å². The molecule has 0 aromatic carbocycles.